The molecule has 0 bridgehead atoms. The van der Waals surface area contributed by atoms with Crippen molar-refractivity contribution in [3.63, 3.8) is 0 Å². The maximum Gasteiger partial charge on any atom is 0.212 e. The number of hydrogen-bond acceptors (Lipinski definition) is 3. The minimum atomic E-state index is -3.33. The number of aliphatic hydroxyl groups is 1. The van der Waals surface area contributed by atoms with Crippen LogP contribution in [-0.4, -0.2) is 37.3 Å². The van der Waals surface area contributed by atoms with Crippen molar-refractivity contribution in [3.05, 3.63) is 0 Å². The van der Waals surface area contributed by atoms with Gasteiger partial charge in [-0.1, -0.05) is 13.8 Å². The highest BCUT2D eigenvalue weighted by Gasteiger charge is 2.30. The lowest BCUT2D eigenvalue weighted by Crippen LogP contribution is -2.51. The lowest BCUT2D eigenvalue weighted by atomic mass is 9.96. The summed E-state index contributed by atoms with van der Waals surface area (Å²) in [5.74, 6) is 0.337. The summed E-state index contributed by atoms with van der Waals surface area (Å²) in [5, 5.41) is 9.21. The van der Waals surface area contributed by atoms with Crippen molar-refractivity contribution in [1.82, 2.24) is 4.72 Å². The minimum Gasteiger partial charge on any atom is -0.394 e. The second-order valence-electron chi connectivity index (χ2n) is 3.61. The third kappa shape index (κ3) is 5.15. The SMILES string of the molecule is CCC(CC)(CO)NS(=O)(=O)CCCCl. The number of halogens is 1. The summed E-state index contributed by atoms with van der Waals surface area (Å²) in [4.78, 5) is 0. The molecule has 2 N–H and O–H groups in total. The van der Waals surface area contributed by atoms with Crippen LogP contribution in [0.3, 0.4) is 0 Å². The highest BCUT2D eigenvalue weighted by Crippen LogP contribution is 2.15. The molecule has 0 aromatic heterocycles. The van der Waals surface area contributed by atoms with Crippen LogP contribution in [-0.2, 0) is 10.0 Å². The molecule has 0 radical (unpaired) electrons. The highest BCUT2D eigenvalue weighted by atomic mass is 35.5. The van der Waals surface area contributed by atoms with Gasteiger partial charge in [-0.15, -0.1) is 11.6 Å². The monoisotopic (exact) mass is 257 g/mol. The van der Waals surface area contributed by atoms with Crippen LogP contribution in [0.1, 0.15) is 33.1 Å². The van der Waals surface area contributed by atoms with E-state index in [4.69, 9.17) is 11.6 Å². The van der Waals surface area contributed by atoms with Crippen molar-refractivity contribution in [1.29, 1.82) is 0 Å². The van der Waals surface area contributed by atoms with E-state index in [1.165, 1.54) is 0 Å². The Kier molecular flexibility index (Phi) is 6.75. The van der Waals surface area contributed by atoms with E-state index in [-0.39, 0.29) is 12.4 Å². The van der Waals surface area contributed by atoms with Gasteiger partial charge in [-0.25, -0.2) is 13.1 Å². The van der Waals surface area contributed by atoms with Gasteiger partial charge in [-0.05, 0) is 19.3 Å². The Bertz CT molecular complexity index is 254. The summed E-state index contributed by atoms with van der Waals surface area (Å²) < 4.78 is 25.8. The first-order chi connectivity index (χ1) is 6.95. The fraction of sp³-hybridized carbons (Fsp3) is 1.00. The van der Waals surface area contributed by atoms with E-state index in [0.717, 1.165) is 0 Å². The van der Waals surface area contributed by atoms with Gasteiger partial charge in [-0.3, -0.25) is 0 Å². The predicted octanol–water partition coefficient (Wildman–Crippen LogP) is 1.09. The Morgan fingerprint density at radius 1 is 1.33 bits per heavy atom. The molecule has 0 saturated carbocycles. The Hall–Kier alpha value is 0.160. The van der Waals surface area contributed by atoms with Crippen molar-refractivity contribution < 1.29 is 13.5 Å². The Labute approximate surface area is 97.1 Å². The second-order valence-corrected chi connectivity index (χ2v) is 5.83. The predicted molar refractivity (Wildman–Crippen MR) is 62.7 cm³/mol. The second kappa shape index (κ2) is 6.68. The first-order valence-electron chi connectivity index (χ1n) is 5.13. The van der Waals surface area contributed by atoms with Crippen molar-refractivity contribution in [2.45, 2.75) is 38.6 Å². The molecule has 0 fully saturated rings. The molecule has 0 amide bonds. The summed E-state index contributed by atoms with van der Waals surface area (Å²) in [7, 11) is -3.33. The van der Waals surface area contributed by atoms with Gasteiger partial charge < -0.3 is 5.11 Å². The molecule has 0 aromatic carbocycles. The number of hydrogen-bond donors (Lipinski definition) is 2. The number of sulfonamides is 1. The van der Waals surface area contributed by atoms with Gasteiger partial charge in [0.15, 0.2) is 0 Å². The Balaban J connectivity index is 4.52. The zero-order chi connectivity index (χ0) is 11.9. The molecule has 0 saturated heterocycles. The molecule has 0 heterocycles. The van der Waals surface area contributed by atoms with Gasteiger partial charge in [-0.2, -0.15) is 0 Å². The largest absolute Gasteiger partial charge is 0.394 e. The maximum atomic E-state index is 11.6. The summed E-state index contributed by atoms with van der Waals surface area (Å²) in [5.41, 5.74) is -0.717. The fourth-order valence-electron chi connectivity index (χ4n) is 1.28. The average Bonchev–Trinajstić information content (AvgIpc) is 2.23. The molecule has 0 aliphatic rings. The lowest BCUT2D eigenvalue weighted by Gasteiger charge is -2.30. The molecule has 0 atom stereocenters. The molecule has 92 valence electrons. The van der Waals surface area contributed by atoms with Crippen LogP contribution in [0.2, 0.25) is 0 Å². The molecule has 0 aliphatic carbocycles. The van der Waals surface area contributed by atoms with E-state index in [9.17, 15) is 13.5 Å². The van der Waals surface area contributed by atoms with E-state index in [2.05, 4.69) is 4.72 Å². The van der Waals surface area contributed by atoms with E-state index >= 15 is 0 Å². The van der Waals surface area contributed by atoms with Crippen molar-refractivity contribution in [3.8, 4) is 0 Å². The number of alkyl halides is 1. The number of nitrogens with one attached hydrogen (secondary N) is 1. The van der Waals surface area contributed by atoms with Crippen LogP contribution < -0.4 is 4.72 Å². The molecule has 0 spiro atoms. The van der Waals surface area contributed by atoms with Gasteiger partial charge in [0.25, 0.3) is 0 Å². The normalized spacial score (nSPS) is 13.1. The van der Waals surface area contributed by atoms with Crippen LogP contribution >= 0.6 is 11.6 Å². The van der Waals surface area contributed by atoms with E-state index in [1.54, 1.807) is 0 Å². The first-order valence-corrected chi connectivity index (χ1v) is 7.32. The molecular weight excluding hydrogens is 238 g/mol. The maximum absolute atomic E-state index is 11.6. The smallest absolute Gasteiger partial charge is 0.212 e. The van der Waals surface area contributed by atoms with Crippen LogP contribution in [0.4, 0.5) is 0 Å². The van der Waals surface area contributed by atoms with Gasteiger partial charge in [0.2, 0.25) is 10.0 Å². The third-order valence-electron chi connectivity index (χ3n) is 2.57. The summed E-state index contributed by atoms with van der Waals surface area (Å²) in [6, 6.07) is 0. The van der Waals surface area contributed by atoms with Crippen LogP contribution in [0.25, 0.3) is 0 Å². The lowest BCUT2D eigenvalue weighted by molar-refractivity contribution is 0.172. The van der Waals surface area contributed by atoms with Gasteiger partial charge in [0, 0.05) is 5.88 Å². The summed E-state index contributed by atoms with van der Waals surface area (Å²) in [6.45, 7) is 3.52. The fourth-order valence-corrected chi connectivity index (χ4v) is 3.21. The third-order valence-corrected chi connectivity index (χ3v) is 4.41. The van der Waals surface area contributed by atoms with Crippen LogP contribution in [0.15, 0.2) is 0 Å². The molecule has 0 aromatic rings. The van der Waals surface area contributed by atoms with Crippen molar-refractivity contribution in [2.24, 2.45) is 0 Å². The van der Waals surface area contributed by atoms with Gasteiger partial charge >= 0.3 is 0 Å². The van der Waals surface area contributed by atoms with Gasteiger partial charge in [0.1, 0.15) is 0 Å². The van der Waals surface area contributed by atoms with Crippen molar-refractivity contribution >= 4 is 21.6 Å². The van der Waals surface area contributed by atoms with E-state index in [1.807, 2.05) is 13.8 Å². The van der Waals surface area contributed by atoms with Gasteiger partial charge in [0.05, 0.1) is 17.9 Å². The highest BCUT2D eigenvalue weighted by molar-refractivity contribution is 7.89. The van der Waals surface area contributed by atoms with E-state index < -0.39 is 15.6 Å². The Morgan fingerprint density at radius 3 is 2.20 bits per heavy atom. The average molecular weight is 258 g/mol. The zero-order valence-corrected chi connectivity index (χ0v) is 10.9. The number of aliphatic hydroxyl groups excluding tert-OH is 1. The summed E-state index contributed by atoms with van der Waals surface area (Å²) in [6.07, 6.45) is 1.56. The zero-order valence-electron chi connectivity index (χ0n) is 9.29. The quantitative estimate of drug-likeness (QED) is 0.640. The molecule has 0 unspecified atom stereocenters. The van der Waals surface area contributed by atoms with Crippen LogP contribution in [0, 0.1) is 0 Å². The molecule has 0 aliphatic heterocycles. The molecule has 15 heavy (non-hydrogen) atoms. The van der Waals surface area contributed by atoms with Crippen LogP contribution in [0.5, 0.6) is 0 Å². The molecular formula is C9H20ClNO3S. The van der Waals surface area contributed by atoms with Crippen molar-refractivity contribution in [2.75, 3.05) is 18.2 Å². The first kappa shape index (κ1) is 15.2. The standard InChI is InChI=1S/C9H20ClNO3S/c1-3-9(4-2,8-12)11-15(13,14)7-5-6-10/h11-12H,3-8H2,1-2H3. The molecule has 4 nitrogen and oxygen atoms in total. The summed E-state index contributed by atoms with van der Waals surface area (Å²) >= 11 is 5.44. The number of rotatable bonds is 8. The molecule has 0 rings (SSSR count). The topological polar surface area (TPSA) is 66.4 Å². The van der Waals surface area contributed by atoms with E-state index in [0.29, 0.717) is 25.1 Å². The minimum absolute atomic E-state index is 0.0122. The Morgan fingerprint density at radius 2 is 1.87 bits per heavy atom. The molecule has 6 heteroatoms.